The van der Waals surface area contributed by atoms with E-state index in [1.54, 1.807) is 4.90 Å². The van der Waals surface area contributed by atoms with Gasteiger partial charge in [-0.2, -0.15) is 0 Å². The lowest BCUT2D eigenvalue weighted by atomic mass is 9.82. The summed E-state index contributed by atoms with van der Waals surface area (Å²) in [6, 6.07) is 12.2. The second-order valence-corrected chi connectivity index (χ2v) is 10.3. The SMILES string of the molecule is C[C@H](Cl)[C@@H]1CN(C(=O)OC(C)(C)C)c2cc(OCc3ccccc3)c3c(c21)CCCC3. The summed E-state index contributed by atoms with van der Waals surface area (Å²) in [6.07, 6.45) is 3.99. The van der Waals surface area contributed by atoms with Crippen LogP contribution in [-0.2, 0) is 24.2 Å². The standard InChI is InChI=1S/C26H32ClNO3/c1-17(27)21-15-28(25(29)31-26(2,3)4)22-14-23(30-16-18-10-6-5-7-11-18)19-12-8-9-13-20(19)24(21)22/h5-7,10-11,14,17,21H,8-9,12-13,15-16H2,1-4H3/t17-,21-/m0/s1. The summed E-state index contributed by atoms with van der Waals surface area (Å²) in [7, 11) is 0. The molecule has 0 unspecified atom stereocenters. The first kappa shape index (κ1) is 22.0. The summed E-state index contributed by atoms with van der Waals surface area (Å²) in [6.45, 7) is 8.75. The second kappa shape index (κ2) is 8.74. The van der Waals surface area contributed by atoms with Crippen LogP contribution in [0.1, 0.15) is 68.7 Å². The van der Waals surface area contributed by atoms with Gasteiger partial charge in [0, 0.05) is 23.9 Å². The molecule has 0 spiro atoms. The van der Waals surface area contributed by atoms with Crippen molar-refractivity contribution in [3.8, 4) is 5.75 Å². The molecule has 1 heterocycles. The van der Waals surface area contributed by atoms with E-state index in [9.17, 15) is 4.79 Å². The number of halogens is 1. The van der Waals surface area contributed by atoms with Crippen LogP contribution in [-0.4, -0.2) is 23.6 Å². The van der Waals surface area contributed by atoms with E-state index in [1.165, 1.54) is 16.7 Å². The summed E-state index contributed by atoms with van der Waals surface area (Å²) in [5, 5.41) is -0.0756. The molecular formula is C26H32ClNO3. The maximum Gasteiger partial charge on any atom is 0.414 e. The Morgan fingerprint density at radius 1 is 1.16 bits per heavy atom. The highest BCUT2D eigenvalue weighted by Gasteiger charge is 2.40. The zero-order valence-electron chi connectivity index (χ0n) is 18.9. The van der Waals surface area contributed by atoms with Gasteiger partial charge in [0.25, 0.3) is 0 Å². The molecule has 1 amide bonds. The van der Waals surface area contributed by atoms with Crippen LogP contribution in [0.3, 0.4) is 0 Å². The minimum atomic E-state index is -0.553. The third-order valence-electron chi connectivity index (χ3n) is 6.08. The quantitative estimate of drug-likeness (QED) is 0.501. The third kappa shape index (κ3) is 4.69. The molecule has 0 N–H and O–H groups in total. The average Bonchev–Trinajstić information content (AvgIpc) is 3.12. The molecule has 0 radical (unpaired) electrons. The highest BCUT2D eigenvalue weighted by molar-refractivity contribution is 6.21. The van der Waals surface area contributed by atoms with Gasteiger partial charge in [-0.25, -0.2) is 4.79 Å². The summed E-state index contributed by atoms with van der Waals surface area (Å²) < 4.78 is 12.1. The molecule has 31 heavy (non-hydrogen) atoms. The fourth-order valence-corrected chi connectivity index (χ4v) is 4.88. The Morgan fingerprint density at radius 2 is 1.84 bits per heavy atom. The van der Waals surface area contributed by atoms with E-state index >= 15 is 0 Å². The molecule has 5 heteroatoms. The highest BCUT2D eigenvalue weighted by Crippen LogP contribution is 2.48. The Kier molecular flexibility index (Phi) is 6.20. The molecule has 0 saturated carbocycles. The number of carbonyl (C=O) groups is 1. The lowest BCUT2D eigenvalue weighted by Crippen LogP contribution is -2.36. The van der Waals surface area contributed by atoms with Crippen LogP contribution < -0.4 is 9.64 Å². The van der Waals surface area contributed by atoms with Crippen molar-refractivity contribution in [2.75, 3.05) is 11.4 Å². The molecule has 2 aromatic carbocycles. The van der Waals surface area contributed by atoms with Crippen molar-refractivity contribution in [1.82, 2.24) is 0 Å². The van der Waals surface area contributed by atoms with Gasteiger partial charge in [-0.15, -0.1) is 11.6 Å². The molecule has 1 aliphatic heterocycles. The fourth-order valence-electron chi connectivity index (χ4n) is 4.67. The molecule has 1 aliphatic carbocycles. The number of fused-ring (bicyclic) bond motifs is 3. The zero-order chi connectivity index (χ0) is 22.2. The van der Waals surface area contributed by atoms with Crippen molar-refractivity contribution in [1.29, 1.82) is 0 Å². The van der Waals surface area contributed by atoms with Gasteiger partial charge in [0.2, 0.25) is 0 Å². The smallest absolute Gasteiger partial charge is 0.414 e. The largest absolute Gasteiger partial charge is 0.489 e. The normalized spacial score (nSPS) is 18.9. The van der Waals surface area contributed by atoms with Crippen molar-refractivity contribution >= 4 is 23.4 Å². The number of hydrogen-bond donors (Lipinski definition) is 0. The highest BCUT2D eigenvalue weighted by atomic mass is 35.5. The van der Waals surface area contributed by atoms with Crippen molar-refractivity contribution in [2.24, 2.45) is 0 Å². The van der Waals surface area contributed by atoms with Gasteiger partial charge in [-0.05, 0) is 75.6 Å². The average molecular weight is 442 g/mol. The Labute approximate surface area is 190 Å². The summed E-state index contributed by atoms with van der Waals surface area (Å²) in [4.78, 5) is 14.8. The molecule has 0 fully saturated rings. The lowest BCUT2D eigenvalue weighted by Gasteiger charge is -2.27. The molecule has 0 bridgehead atoms. The number of amides is 1. The van der Waals surface area contributed by atoms with Crippen molar-refractivity contribution in [2.45, 2.75) is 76.9 Å². The van der Waals surface area contributed by atoms with Gasteiger partial charge >= 0.3 is 6.09 Å². The van der Waals surface area contributed by atoms with Crippen LogP contribution in [0.15, 0.2) is 36.4 Å². The Balaban J connectivity index is 1.75. The molecule has 166 valence electrons. The molecule has 2 aromatic rings. The first-order valence-corrected chi connectivity index (χ1v) is 11.7. The van der Waals surface area contributed by atoms with E-state index in [0.717, 1.165) is 42.7 Å². The van der Waals surface area contributed by atoms with Crippen molar-refractivity contribution in [3.05, 3.63) is 58.7 Å². The summed E-state index contributed by atoms with van der Waals surface area (Å²) >= 11 is 6.63. The molecular weight excluding hydrogens is 410 g/mol. The second-order valence-electron chi connectivity index (χ2n) is 9.62. The number of hydrogen-bond acceptors (Lipinski definition) is 3. The van der Waals surface area contributed by atoms with E-state index in [-0.39, 0.29) is 17.4 Å². The van der Waals surface area contributed by atoms with Gasteiger partial charge in [0.05, 0.1) is 5.69 Å². The number of ether oxygens (including phenoxy) is 2. The number of benzene rings is 2. The number of anilines is 1. The molecule has 2 atom stereocenters. The Hall–Kier alpha value is -2.20. The topological polar surface area (TPSA) is 38.8 Å². The molecule has 4 rings (SSSR count). The first-order valence-electron chi connectivity index (χ1n) is 11.2. The maximum absolute atomic E-state index is 13.1. The summed E-state index contributed by atoms with van der Waals surface area (Å²) in [5.74, 6) is 0.980. The van der Waals surface area contributed by atoms with E-state index < -0.39 is 5.60 Å². The van der Waals surface area contributed by atoms with Gasteiger partial charge in [-0.3, -0.25) is 4.90 Å². The van der Waals surface area contributed by atoms with Gasteiger partial charge < -0.3 is 9.47 Å². The summed E-state index contributed by atoms with van der Waals surface area (Å²) in [5.41, 5.74) is 5.31. The molecule has 2 aliphatic rings. The first-order chi connectivity index (χ1) is 14.7. The number of alkyl halides is 1. The predicted molar refractivity (Wildman–Crippen MR) is 125 cm³/mol. The van der Waals surface area contributed by atoms with Crippen LogP contribution in [0, 0.1) is 0 Å². The van der Waals surface area contributed by atoms with Gasteiger partial charge in [-0.1, -0.05) is 30.3 Å². The van der Waals surface area contributed by atoms with Crippen LogP contribution in [0.4, 0.5) is 10.5 Å². The van der Waals surface area contributed by atoms with E-state index in [2.05, 4.69) is 12.1 Å². The third-order valence-corrected chi connectivity index (χ3v) is 6.38. The maximum atomic E-state index is 13.1. The molecule has 4 nitrogen and oxygen atoms in total. The number of carbonyl (C=O) groups excluding carboxylic acids is 1. The van der Waals surface area contributed by atoms with E-state index in [0.29, 0.717) is 13.2 Å². The lowest BCUT2D eigenvalue weighted by molar-refractivity contribution is 0.0582. The Bertz CT molecular complexity index is 949. The van der Waals surface area contributed by atoms with Crippen LogP contribution in [0.5, 0.6) is 5.75 Å². The van der Waals surface area contributed by atoms with E-state index in [1.807, 2.05) is 52.0 Å². The molecule has 0 aromatic heterocycles. The molecule has 0 saturated heterocycles. The minimum Gasteiger partial charge on any atom is -0.489 e. The van der Waals surface area contributed by atoms with Crippen LogP contribution >= 0.6 is 11.6 Å². The van der Waals surface area contributed by atoms with Crippen molar-refractivity contribution in [3.63, 3.8) is 0 Å². The fraction of sp³-hybridized carbons (Fsp3) is 0.500. The zero-order valence-corrected chi connectivity index (χ0v) is 19.7. The van der Waals surface area contributed by atoms with Crippen molar-refractivity contribution < 1.29 is 14.3 Å². The number of rotatable bonds is 4. The minimum absolute atomic E-state index is 0.0756. The monoisotopic (exact) mass is 441 g/mol. The Morgan fingerprint density at radius 3 is 2.48 bits per heavy atom. The van der Waals surface area contributed by atoms with Crippen LogP contribution in [0.2, 0.25) is 0 Å². The number of nitrogens with zero attached hydrogens (tertiary/aromatic N) is 1. The predicted octanol–water partition coefficient (Wildman–Crippen LogP) is 6.61. The van der Waals surface area contributed by atoms with Crippen LogP contribution in [0.25, 0.3) is 0 Å². The van der Waals surface area contributed by atoms with Gasteiger partial charge in [0.15, 0.2) is 0 Å². The van der Waals surface area contributed by atoms with E-state index in [4.69, 9.17) is 21.1 Å². The van der Waals surface area contributed by atoms with Gasteiger partial charge in [0.1, 0.15) is 18.0 Å².